The van der Waals surface area contributed by atoms with Crippen LogP contribution in [-0.4, -0.2) is 24.3 Å². The van der Waals surface area contributed by atoms with Gasteiger partial charge in [0, 0.05) is 29.7 Å². The first-order chi connectivity index (χ1) is 10.2. The average Bonchev–Trinajstić information content (AvgIpc) is 2.39. The Morgan fingerprint density at radius 2 is 2.09 bits per heavy atom. The molecule has 0 radical (unpaired) electrons. The Morgan fingerprint density at radius 1 is 1.41 bits per heavy atom. The highest BCUT2D eigenvalue weighted by molar-refractivity contribution is 6.31. The maximum Gasteiger partial charge on any atom is 0.407 e. The minimum Gasteiger partial charge on any atom is -0.444 e. The third kappa shape index (κ3) is 6.62. The van der Waals surface area contributed by atoms with Crippen molar-refractivity contribution in [1.29, 1.82) is 0 Å². The van der Waals surface area contributed by atoms with E-state index in [0.29, 0.717) is 23.7 Å². The zero-order valence-corrected chi connectivity index (χ0v) is 14.3. The van der Waals surface area contributed by atoms with Crippen molar-refractivity contribution < 1.29 is 13.9 Å². The van der Waals surface area contributed by atoms with Crippen molar-refractivity contribution in [3.8, 4) is 0 Å². The van der Waals surface area contributed by atoms with Gasteiger partial charge in [-0.15, -0.1) is 0 Å². The zero-order chi connectivity index (χ0) is 16.8. The van der Waals surface area contributed by atoms with Crippen molar-refractivity contribution in [2.75, 3.05) is 6.54 Å². The number of rotatable bonds is 6. The zero-order valence-electron chi connectivity index (χ0n) is 13.5. The molecule has 1 atom stereocenters. The predicted octanol–water partition coefficient (Wildman–Crippen LogP) is 3.87. The molecule has 0 aliphatic rings. The second kappa shape index (κ2) is 8.34. The van der Waals surface area contributed by atoms with Crippen LogP contribution in [0.4, 0.5) is 9.18 Å². The number of halogens is 2. The van der Waals surface area contributed by atoms with Crippen LogP contribution < -0.4 is 10.6 Å². The van der Waals surface area contributed by atoms with E-state index in [0.717, 1.165) is 6.42 Å². The predicted molar refractivity (Wildman–Crippen MR) is 86.6 cm³/mol. The van der Waals surface area contributed by atoms with E-state index in [1.807, 2.05) is 27.7 Å². The van der Waals surface area contributed by atoms with Gasteiger partial charge in [0.05, 0.1) is 0 Å². The van der Waals surface area contributed by atoms with Crippen molar-refractivity contribution in [2.45, 2.75) is 52.3 Å². The standard InChI is InChI=1S/C16H24ClFN2O2/c1-5-11(9-20-15(21)22-16(2,3)4)19-10-12-13(17)7-6-8-14(12)18/h6-8,11,19H,5,9-10H2,1-4H3,(H,20,21). The number of alkyl carbamates (subject to hydrolysis) is 1. The van der Waals surface area contributed by atoms with Crippen LogP contribution in [0.25, 0.3) is 0 Å². The fourth-order valence-corrected chi connectivity index (χ4v) is 2.06. The Labute approximate surface area is 136 Å². The number of ether oxygens (including phenoxy) is 1. The van der Waals surface area contributed by atoms with E-state index in [4.69, 9.17) is 16.3 Å². The molecule has 1 aromatic carbocycles. The molecule has 22 heavy (non-hydrogen) atoms. The van der Waals surface area contributed by atoms with E-state index in [1.165, 1.54) is 6.07 Å². The minimum absolute atomic E-state index is 0.00295. The Morgan fingerprint density at radius 3 is 2.64 bits per heavy atom. The lowest BCUT2D eigenvalue weighted by Gasteiger charge is -2.22. The molecule has 1 rings (SSSR count). The maximum atomic E-state index is 13.7. The van der Waals surface area contributed by atoms with Crippen LogP contribution in [0.1, 0.15) is 39.7 Å². The summed E-state index contributed by atoms with van der Waals surface area (Å²) in [5.74, 6) is -0.338. The Hall–Kier alpha value is -1.33. The molecule has 1 amide bonds. The number of benzene rings is 1. The number of carbonyl (C=O) groups excluding carboxylic acids is 1. The van der Waals surface area contributed by atoms with Crippen LogP contribution >= 0.6 is 11.6 Å². The molecular weight excluding hydrogens is 307 g/mol. The van der Waals surface area contributed by atoms with Crippen LogP contribution in [0.3, 0.4) is 0 Å². The molecule has 0 heterocycles. The Balaban J connectivity index is 2.47. The van der Waals surface area contributed by atoms with Gasteiger partial charge in [-0.1, -0.05) is 24.6 Å². The van der Waals surface area contributed by atoms with Crippen LogP contribution in [0.5, 0.6) is 0 Å². The van der Waals surface area contributed by atoms with Gasteiger partial charge in [0.2, 0.25) is 0 Å². The summed E-state index contributed by atoms with van der Waals surface area (Å²) < 4.78 is 18.9. The van der Waals surface area contributed by atoms with Gasteiger partial charge in [-0.05, 0) is 39.3 Å². The molecule has 0 aliphatic carbocycles. The second-order valence-corrected chi connectivity index (χ2v) is 6.48. The molecule has 0 saturated heterocycles. The topological polar surface area (TPSA) is 50.4 Å². The van der Waals surface area contributed by atoms with Gasteiger partial charge in [0.15, 0.2) is 0 Å². The smallest absolute Gasteiger partial charge is 0.407 e. The molecule has 1 aromatic rings. The monoisotopic (exact) mass is 330 g/mol. The Bertz CT molecular complexity index is 483. The van der Waals surface area contributed by atoms with E-state index < -0.39 is 11.7 Å². The van der Waals surface area contributed by atoms with Crippen molar-refractivity contribution in [3.05, 3.63) is 34.6 Å². The first-order valence-electron chi connectivity index (χ1n) is 7.36. The van der Waals surface area contributed by atoms with E-state index >= 15 is 0 Å². The Kier molecular flexibility index (Phi) is 7.10. The van der Waals surface area contributed by atoms with Crippen LogP contribution in [0.15, 0.2) is 18.2 Å². The normalized spacial score (nSPS) is 12.8. The van der Waals surface area contributed by atoms with Crippen LogP contribution in [0.2, 0.25) is 5.02 Å². The molecule has 0 aromatic heterocycles. The number of amides is 1. The lowest BCUT2D eigenvalue weighted by Crippen LogP contribution is -2.42. The second-order valence-electron chi connectivity index (χ2n) is 6.07. The fraction of sp³-hybridized carbons (Fsp3) is 0.562. The SMILES string of the molecule is CCC(CNC(=O)OC(C)(C)C)NCc1c(F)cccc1Cl. The summed E-state index contributed by atoms with van der Waals surface area (Å²) in [7, 11) is 0. The molecule has 0 aliphatic heterocycles. The third-order valence-electron chi connectivity index (χ3n) is 3.01. The molecule has 1 unspecified atom stereocenters. The molecule has 6 heteroatoms. The molecule has 0 saturated carbocycles. The van der Waals surface area contributed by atoms with Gasteiger partial charge in [-0.3, -0.25) is 0 Å². The summed E-state index contributed by atoms with van der Waals surface area (Å²) in [5.41, 5.74) is -0.0974. The summed E-state index contributed by atoms with van der Waals surface area (Å²) in [6, 6.07) is 4.61. The number of carbonyl (C=O) groups is 1. The highest BCUT2D eigenvalue weighted by Gasteiger charge is 2.17. The molecular formula is C16H24ClFN2O2. The van der Waals surface area contributed by atoms with E-state index in [1.54, 1.807) is 12.1 Å². The quantitative estimate of drug-likeness (QED) is 0.832. The number of hydrogen-bond donors (Lipinski definition) is 2. The summed E-state index contributed by atoms with van der Waals surface area (Å²) in [6.45, 7) is 8.11. The molecule has 4 nitrogen and oxygen atoms in total. The summed E-state index contributed by atoms with van der Waals surface area (Å²) in [6.07, 6.45) is 0.318. The van der Waals surface area contributed by atoms with Crippen molar-refractivity contribution in [1.82, 2.24) is 10.6 Å². The van der Waals surface area contributed by atoms with E-state index in [2.05, 4.69) is 10.6 Å². The van der Waals surface area contributed by atoms with Crippen LogP contribution in [0, 0.1) is 5.82 Å². The van der Waals surface area contributed by atoms with Gasteiger partial charge in [-0.2, -0.15) is 0 Å². The van der Waals surface area contributed by atoms with Crippen molar-refractivity contribution in [3.63, 3.8) is 0 Å². The first-order valence-corrected chi connectivity index (χ1v) is 7.74. The third-order valence-corrected chi connectivity index (χ3v) is 3.37. The molecule has 0 fully saturated rings. The number of nitrogens with one attached hydrogen (secondary N) is 2. The highest BCUT2D eigenvalue weighted by Crippen LogP contribution is 2.18. The van der Waals surface area contributed by atoms with Gasteiger partial charge < -0.3 is 15.4 Å². The minimum atomic E-state index is -0.528. The van der Waals surface area contributed by atoms with E-state index in [-0.39, 0.29) is 11.9 Å². The summed E-state index contributed by atoms with van der Waals surface area (Å²) in [5, 5.41) is 6.29. The highest BCUT2D eigenvalue weighted by atomic mass is 35.5. The van der Waals surface area contributed by atoms with Crippen molar-refractivity contribution in [2.24, 2.45) is 0 Å². The molecule has 0 bridgehead atoms. The van der Waals surface area contributed by atoms with Gasteiger partial charge in [-0.25, -0.2) is 9.18 Å². The van der Waals surface area contributed by atoms with Crippen molar-refractivity contribution >= 4 is 17.7 Å². The largest absolute Gasteiger partial charge is 0.444 e. The summed E-state index contributed by atoms with van der Waals surface area (Å²) >= 11 is 5.99. The fourth-order valence-electron chi connectivity index (χ4n) is 1.83. The van der Waals surface area contributed by atoms with E-state index in [9.17, 15) is 9.18 Å². The molecule has 0 spiro atoms. The van der Waals surface area contributed by atoms with Crippen LogP contribution in [-0.2, 0) is 11.3 Å². The molecule has 124 valence electrons. The maximum absolute atomic E-state index is 13.7. The lowest BCUT2D eigenvalue weighted by atomic mass is 10.1. The summed E-state index contributed by atoms with van der Waals surface area (Å²) in [4.78, 5) is 11.6. The molecule has 2 N–H and O–H groups in total. The van der Waals surface area contributed by atoms with Gasteiger partial charge >= 0.3 is 6.09 Å². The van der Waals surface area contributed by atoms with Gasteiger partial charge in [0.1, 0.15) is 11.4 Å². The first kappa shape index (κ1) is 18.7. The number of hydrogen-bond acceptors (Lipinski definition) is 3. The average molecular weight is 331 g/mol. The van der Waals surface area contributed by atoms with Gasteiger partial charge in [0.25, 0.3) is 0 Å². The lowest BCUT2D eigenvalue weighted by molar-refractivity contribution is 0.0522.